The molecular formula is C49H73N5O9. The lowest BCUT2D eigenvalue weighted by Crippen LogP contribution is -2.59. The molecule has 1 aliphatic rings. The molecule has 14 heteroatoms. The minimum absolute atomic E-state index is 0.0147. The smallest absolute Gasteiger partial charge is 0.338 e. The second-order valence-corrected chi connectivity index (χ2v) is 18.2. The van der Waals surface area contributed by atoms with Gasteiger partial charge >= 0.3 is 5.97 Å². The Balaban J connectivity index is 1.80. The number of likely N-dealkylation sites (tertiary alicyclic amines) is 1. The number of carbonyl (C=O) groups is 7. The Morgan fingerprint density at radius 3 is 1.95 bits per heavy atom. The van der Waals surface area contributed by atoms with E-state index in [-0.39, 0.29) is 53.2 Å². The highest BCUT2D eigenvalue weighted by Gasteiger charge is 2.43. The third-order valence-electron chi connectivity index (χ3n) is 12.7. The molecule has 3 rings (SSSR count). The number of benzene rings is 2. The molecule has 0 aliphatic carbocycles. The Kier molecular flexibility index (Phi) is 20.1. The molecule has 4 amide bonds. The fourth-order valence-electron chi connectivity index (χ4n) is 8.90. The second kappa shape index (κ2) is 24.2. The zero-order chi connectivity index (χ0) is 47.3. The SMILES string of the molecule is CCC(C)C(C(CC(=O)N1CCCC1C(C=O)C(C)C(=O)NC(C)C(OC(=O)c1ccc(C(C)=O)cc1)c1ccccc1)OC)N(C)C(=O)C(NC(=O)C(C(C)C)N(C)C)C(C)C. The van der Waals surface area contributed by atoms with Crippen molar-refractivity contribution in [2.45, 2.75) is 130 Å². The summed E-state index contributed by atoms with van der Waals surface area (Å²) in [4.78, 5) is 99.3. The van der Waals surface area contributed by atoms with Gasteiger partial charge in [-0.1, -0.05) is 97.4 Å². The Morgan fingerprint density at radius 2 is 1.44 bits per heavy atom. The average Bonchev–Trinajstić information content (AvgIpc) is 3.73. The summed E-state index contributed by atoms with van der Waals surface area (Å²) in [6.07, 6.45) is 0.909. The normalized spacial score (nSPS) is 18.3. The van der Waals surface area contributed by atoms with E-state index in [2.05, 4.69) is 10.6 Å². The third-order valence-corrected chi connectivity index (χ3v) is 12.7. The van der Waals surface area contributed by atoms with Gasteiger partial charge in [0, 0.05) is 44.1 Å². The van der Waals surface area contributed by atoms with Gasteiger partial charge in [0.25, 0.3) is 0 Å². The van der Waals surface area contributed by atoms with Crippen molar-refractivity contribution in [3.8, 4) is 0 Å². The van der Waals surface area contributed by atoms with Gasteiger partial charge in [-0.05, 0) is 76.2 Å². The lowest BCUT2D eigenvalue weighted by molar-refractivity contribution is -0.147. The van der Waals surface area contributed by atoms with Crippen LogP contribution < -0.4 is 10.6 Å². The molecule has 1 fully saturated rings. The molecule has 0 aromatic heterocycles. The van der Waals surface area contributed by atoms with Crippen LogP contribution >= 0.6 is 0 Å². The van der Waals surface area contributed by atoms with Crippen LogP contribution in [0.2, 0.25) is 0 Å². The number of ketones is 1. The summed E-state index contributed by atoms with van der Waals surface area (Å²) in [7, 11) is 6.89. The molecule has 1 aliphatic heterocycles. The van der Waals surface area contributed by atoms with E-state index in [1.807, 2.05) is 66.6 Å². The Labute approximate surface area is 375 Å². The molecule has 63 heavy (non-hydrogen) atoms. The number of methoxy groups -OCH3 is 1. The summed E-state index contributed by atoms with van der Waals surface area (Å²) in [5.41, 5.74) is 1.35. The molecule has 1 heterocycles. The lowest BCUT2D eigenvalue weighted by atomic mass is 9.85. The number of ether oxygens (including phenoxy) is 2. The predicted molar refractivity (Wildman–Crippen MR) is 243 cm³/mol. The highest BCUT2D eigenvalue weighted by atomic mass is 16.5. The van der Waals surface area contributed by atoms with Gasteiger partial charge < -0.3 is 34.7 Å². The monoisotopic (exact) mass is 876 g/mol. The van der Waals surface area contributed by atoms with Crippen LogP contribution in [0.1, 0.15) is 120 Å². The Morgan fingerprint density at radius 1 is 0.841 bits per heavy atom. The van der Waals surface area contributed by atoms with E-state index in [4.69, 9.17) is 9.47 Å². The van der Waals surface area contributed by atoms with Crippen LogP contribution in [0.15, 0.2) is 54.6 Å². The van der Waals surface area contributed by atoms with Crippen molar-refractivity contribution < 1.29 is 43.0 Å². The molecule has 348 valence electrons. The van der Waals surface area contributed by atoms with Crippen LogP contribution in [0, 0.1) is 29.6 Å². The average molecular weight is 876 g/mol. The van der Waals surface area contributed by atoms with Gasteiger partial charge in [-0.15, -0.1) is 0 Å². The van der Waals surface area contributed by atoms with Crippen LogP contribution in [-0.4, -0.2) is 127 Å². The van der Waals surface area contributed by atoms with Crippen molar-refractivity contribution in [1.29, 1.82) is 0 Å². The first-order chi connectivity index (χ1) is 29.7. The van der Waals surface area contributed by atoms with E-state index < -0.39 is 66.1 Å². The van der Waals surface area contributed by atoms with Crippen LogP contribution in [0.5, 0.6) is 0 Å². The standard InChI is InChI=1S/C49H73N5O9/c1-14-31(6)44(53(12)48(60)42(29(2)3)51-47(59)43(30(4)5)52(10)11)40(62-13)27-41(57)54-26-18-21-39(54)38(28-55)32(7)46(58)50-33(8)45(36-19-16-15-17-20-36)63-49(61)37-24-22-35(23-25-37)34(9)56/h15-17,19-20,22-25,28-33,38-40,42-45H,14,18,21,26-27H2,1-13H3,(H,50,58)(H,51,59). The van der Waals surface area contributed by atoms with Gasteiger partial charge in [-0.25, -0.2) is 4.79 Å². The molecule has 0 radical (unpaired) electrons. The number of likely N-dealkylation sites (N-methyl/N-ethyl adjacent to an activating group) is 2. The molecule has 0 saturated carbocycles. The van der Waals surface area contributed by atoms with Crippen LogP contribution in [0.4, 0.5) is 0 Å². The summed E-state index contributed by atoms with van der Waals surface area (Å²) in [6.45, 7) is 16.9. The maximum absolute atomic E-state index is 14.3. The Hall–Kier alpha value is -4.95. The molecule has 0 bridgehead atoms. The van der Waals surface area contributed by atoms with Crippen molar-refractivity contribution in [3.05, 3.63) is 71.3 Å². The summed E-state index contributed by atoms with van der Waals surface area (Å²) >= 11 is 0. The lowest BCUT2D eigenvalue weighted by Gasteiger charge is -2.41. The predicted octanol–water partition coefficient (Wildman–Crippen LogP) is 5.74. The van der Waals surface area contributed by atoms with E-state index in [0.29, 0.717) is 36.9 Å². The van der Waals surface area contributed by atoms with Crippen LogP contribution in [0.25, 0.3) is 0 Å². The van der Waals surface area contributed by atoms with Crippen molar-refractivity contribution in [2.24, 2.45) is 29.6 Å². The highest BCUT2D eigenvalue weighted by molar-refractivity contribution is 5.96. The number of nitrogens with zero attached hydrogens (tertiary/aromatic N) is 3. The number of hydrogen-bond donors (Lipinski definition) is 2. The van der Waals surface area contributed by atoms with Crippen LogP contribution in [0.3, 0.4) is 0 Å². The summed E-state index contributed by atoms with van der Waals surface area (Å²) < 4.78 is 12.0. The van der Waals surface area contributed by atoms with E-state index in [1.54, 1.807) is 67.1 Å². The molecule has 2 N–H and O–H groups in total. The number of aldehydes is 1. The fraction of sp³-hybridized carbons (Fsp3) is 0.612. The minimum Gasteiger partial charge on any atom is -0.452 e. The molecule has 10 atom stereocenters. The number of rotatable bonds is 23. The number of esters is 1. The molecule has 10 unspecified atom stereocenters. The molecule has 14 nitrogen and oxygen atoms in total. The fourth-order valence-corrected chi connectivity index (χ4v) is 8.90. The van der Waals surface area contributed by atoms with Crippen molar-refractivity contribution in [1.82, 2.24) is 25.3 Å². The van der Waals surface area contributed by atoms with E-state index in [0.717, 1.165) is 6.29 Å². The van der Waals surface area contributed by atoms with Crippen molar-refractivity contribution in [3.63, 3.8) is 0 Å². The first-order valence-corrected chi connectivity index (χ1v) is 22.4. The van der Waals surface area contributed by atoms with Crippen molar-refractivity contribution in [2.75, 3.05) is 34.8 Å². The van der Waals surface area contributed by atoms with Crippen molar-refractivity contribution >= 4 is 41.7 Å². The summed E-state index contributed by atoms with van der Waals surface area (Å²) in [6, 6.07) is 12.1. The zero-order valence-corrected chi connectivity index (χ0v) is 39.8. The largest absolute Gasteiger partial charge is 0.452 e. The molecular weight excluding hydrogens is 803 g/mol. The first kappa shape index (κ1) is 52.4. The van der Waals surface area contributed by atoms with Gasteiger partial charge in [0.2, 0.25) is 23.6 Å². The summed E-state index contributed by atoms with van der Waals surface area (Å²) in [5, 5.41) is 6.00. The number of carbonyl (C=O) groups excluding carboxylic acids is 7. The number of nitrogens with one attached hydrogen (secondary N) is 2. The second-order valence-electron chi connectivity index (χ2n) is 18.2. The topological polar surface area (TPSA) is 172 Å². The quantitative estimate of drug-likeness (QED) is 0.0798. The maximum atomic E-state index is 14.3. The molecule has 2 aromatic rings. The minimum atomic E-state index is -0.891. The third kappa shape index (κ3) is 13.5. The van der Waals surface area contributed by atoms with Gasteiger partial charge in [-0.3, -0.25) is 28.9 Å². The number of Topliss-reactive ketones (excluding diaryl/α,β-unsaturated/α-hetero) is 1. The molecule has 0 spiro atoms. The summed E-state index contributed by atoms with van der Waals surface area (Å²) in [5.74, 6) is -3.95. The van der Waals surface area contributed by atoms with E-state index in [1.165, 1.54) is 26.2 Å². The molecule has 2 aromatic carbocycles. The van der Waals surface area contributed by atoms with Gasteiger partial charge in [0.1, 0.15) is 18.4 Å². The number of amides is 4. The highest BCUT2D eigenvalue weighted by Crippen LogP contribution is 2.32. The number of hydrogen-bond acceptors (Lipinski definition) is 10. The van der Waals surface area contributed by atoms with Gasteiger partial charge in [0.15, 0.2) is 5.78 Å². The molecule has 1 saturated heterocycles. The van der Waals surface area contributed by atoms with E-state index in [9.17, 15) is 33.6 Å². The first-order valence-electron chi connectivity index (χ1n) is 22.4. The van der Waals surface area contributed by atoms with Crippen LogP contribution in [-0.2, 0) is 33.4 Å². The van der Waals surface area contributed by atoms with Gasteiger partial charge in [0.05, 0.1) is 36.2 Å². The Bertz CT molecular complexity index is 1840. The van der Waals surface area contributed by atoms with Gasteiger partial charge in [-0.2, -0.15) is 0 Å². The maximum Gasteiger partial charge on any atom is 0.338 e. The zero-order valence-electron chi connectivity index (χ0n) is 39.8. The van der Waals surface area contributed by atoms with E-state index >= 15 is 0 Å².